The summed E-state index contributed by atoms with van der Waals surface area (Å²) in [5.41, 5.74) is -0.439. The van der Waals surface area contributed by atoms with Crippen LogP contribution in [-0.4, -0.2) is 21.2 Å². The van der Waals surface area contributed by atoms with Gasteiger partial charge in [0.05, 0.1) is 16.0 Å². The third kappa shape index (κ3) is 2.96. The van der Waals surface area contributed by atoms with Gasteiger partial charge in [-0.15, -0.1) is 0 Å². The molecule has 4 rings (SSSR count). The molecule has 2 aromatic rings. The molecule has 1 aromatic carbocycles. The summed E-state index contributed by atoms with van der Waals surface area (Å²) >= 11 is 0. The van der Waals surface area contributed by atoms with E-state index < -0.39 is 27.8 Å². The second kappa shape index (κ2) is 6.83. The quantitative estimate of drug-likeness (QED) is 0.329. The Bertz CT molecular complexity index is 967. The first-order valence-electron chi connectivity index (χ1n) is 9.95. The lowest BCUT2D eigenvalue weighted by Gasteiger charge is -2.49. The van der Waals surface area contributed by atoms with Crippen LogP contribution in [0.3, 0.4) is 0 Å². The predicted octanol–water partition coefficient (Wildman–Crippen LogP) is 4.53. The van der Waals surface area contributed by atoms with Crippen molar-refractivity contribution >= 4 is 17.4 Å². The van der Waals surface area contributed by atoms with Gasteiger partial charge in [-0.05, 0) is 51.0 Å². The minimum absolute atomic E-state index is 0.00669. The number of ketones is 1. The summed E-state index contributed by atoms with van der Waals surface area (Å²) in [5.74, 6) is -0.539. The molecule has 0 amide bonds. The zero-order valence-corrected chi connectivity index (χ0v) is 16.6. The van der Waals surface area contributed by atoms with Crippen molar-refractivity contribution in [3.63, 3.8) is 0 Å². The number of Topliss-reactive ketones (excluding diaryl/α,β-unsaturated/α-hetero) is 1. The molecule has 1 saturated heterocycles. The van der Waals surface area contributed by atoms with Crippen LogP contribution < -0.4 is 0 Å². The van der Waals surface area contributed by atoms with Crippen LogP contribution in [0, 0.1) is 20.9 Å². The maximum Gasteiger partial charge on any atom is 0.319 e. The van der Waals surface area contributed by atoms with E-state index in [0.29, 0.717) is 12.8 Å². The van der Waals surface area contributed by atoms with Crippen LogP contribution in [0.4, 0.5) is 5.69 Å². The maximum absolute atomic E-state index is 13.5. The maximum atomic E-state index is 13.5. The van der Waals surface area contributed by atoms with Crippen molar-refractivity contribution in [2.45, 2.75) is 52.1 Å². The smallest absolute Gasteiger partial charge is 0.319 e. The number of aromatic nitrogens is 1. The van der Waals surface area contributed by atoms with Crippen LogP contribution in [-0.2, 0) is 14.3 Å². The van der Waals surface area contributed by atoms with Gasteiger partial charge in [-0.1, -0.05) is 19.3 Å². The lowest BCUT2D eigenvalue weighted by Crippen LogP contribution is -2.55. The van der Waals surface area contributed by atoms with Gasteiger partial charge in [0.25, 0.3) is 5.69 Å². The number of esters is 1. The summed E-state index contributed by atoms with van der Waals surface area (Å²) in [7, 11) is 0. The van der Waals surface area contributed by atoms with Crippen LogP contribution in [0.1, 0.15) is 57.7 Å². The first-order valence-corrected chi connectivity index (χ1v) is 9.95. The molecule has 1 aliphatic heterocycles. The van der Waals surface area contributed by atoms with Gasteiger partial charge >= 0.3 is 5.97 Å². The number of carbonyl (C=O) groups excluding carboxylic acids is 2. The average Bonchev–Trinajstić information content (AvgIpc) is 3.20. The number of carbonyl (C=O) groups is 2. The number of nitrogens with zero attached hydrogens (tertiary/aromatic N) is 2. The van der Waals surface area contributed by atoms with Gasteiger partial charge in [0.1, 0.15) is 5.41 Å². The van der Waals surface area contributed by atoms with E-state index in [4.69, 9.17) is 4.74 Å². The van der Waals surface area contributed by atoms with Gasteiger partial charge in [-0.2, -0.15) is 0 Å². The first kappa shape index (κ1) is 19.4. The predicted molar refractivity (Wildman–Crippen MR) is 106 cm³/mol. The fraction of sp³-hybridized carbons (Fsp3) is 0.455. The Hall–Kier alpha value is -2.96. The van der Waals surface area contributed by atoms with Crippen molar-refractivity contribution in [3.8, 4) is 5.69 Å². The molecule has 29 heavy (non-hydrogen) atoms. The van der Waals surface area contributed by atoms with E-state index in [0.717, 1.165) is 30.6 Å². The monoisotopic (exact) mass is 396 g/mol. The SMILES string of the molecule is CC1(C)C(=O)O[C@H](c2cccn2-c2ccc([N+](=O)[O-])cc2)C2(CCCCC2)C1=O. The fourth-order valence-electron chi connectivity index (χ4n) is 4.79. The summed E-state index contributed by atoms with van der Waals surface area (Å²) in [5, 5.41) is 11.0. The fourth-order valence-corrected chi connectivity index (χ4v) is 4.79. The Morgan fingerprint density at radius 3 is 2.34 bits per heavy atom. The summed E-state index contributed by atoms with van der Waals surface area (Å²) in [6.07, 6.45) is 5.46. The Labute approximate surface area is 168 Å². The molecular formula is C22H24N2O5. The molecule has 0 unspecified atom stereocenters. The number of benzene rings is 1. The molecule has 152 valence electrons. The van der Waals surface area contributed by atoms with Crippen LogP contribution in [0.2, 0.25) is 0 Å². The van der Waals surface area contributed by atoms with Crippen molar-refractivity contribution in [1.82, 2.24) is 4.57 Å². The molecule has 7 nitrogen and oxygen atoms in total. The second-order valence-electron chi connectivity index (χ2n) is 8.53. The number of rotatable bonds is 3. The van der Waals surface area contributed by atoms with Gasteiger partial charge in [0, 0.05) is 24.0 Å². The van der Waals surface area contributed by atoms with Gasteiger partial charge in [0.15, 0.2) is 11.9 Å². The molecule has 0 radical (unpaired) electrons. The van der Waals surface area contributed by atoms with Gasteiger partial charge in [-0.25, -0.2) is 0 Å². The molecule has 2 heterocycles. The number of nitro groups is 1. The molecule has 1 spiro atoms. The van der Waals surface area contributed by atoms with Gasteiger partial charge in [-0.3, -0.25) is 19.7 Å². The summed E-state index contributed by atoms with van der Waals surface area (Å²) in [6.45, 7) is 3.30. The highest BCUT2D eigenvalue weighted by atomic mass is 16.6. The lowest BCUT2D eigenvalue weighted by molar-refractivity contribution is -0.384. The molecule has 2 fully saturated rings. The third-order valence-corrected chi connectivity index (χ3v) is 6.39. The van der Waals surface area contributed by atoms with E-state index in [1.165, 1.54) is 12.1 Å². The van der Waals surface area contributed by atoms with Crippen LogP contribution in [0.25, 0.3) is 5.69 Å². The normalized spacial score (nSPS) is 23.0. The number of hydrogen-bond donors (Lipinski definition) is 0. The highest BCUT2D eigenvalue weighted by Gasteiger charge is 2.60. The molecule has 2 aliphatic rings. The van der Waals surface area contributed by atoms with Crippen LogP contribution >= 0.6 is 0 Å². The van der Waals surface area contributed by atoms with E-state index in [1.807, 2.05) is 22.9 Å². The number of cyclic esters (lactones) is 1. The Balaban J connectivity index is 1.79. The standard InChI is InChI=1S/C22H24N2O5/c1-21(2)19(25)22(12-4-3-5-13-22)18(29-20(21)26)17-7-6-14-23(17)15-8-10-16(11-9-15)24(27)28/h6-11,14,18H,3-5,12-13H2,1-2H3/t18-/m1/s1. The van der Waals surface area contributed by atoms with Gasteiger partial charge in [0.2, 0.25) is 0 Å². The minimum Gasteiger partial charge on any atom is -0.454 e. The Morgan fingerprint density at radius 1 is 1.07 bits per heavy atom. The van der Waals surface area contributed by atoms with Crippen LogP contribution in [0.5, 0.6) is 0 Å². The summed E-state index contributed by atoms with van der Waals surface area (Å²) in [4.78, 5) is 36.7. The van der Waals surface area contributed by atoms with Crippen molar-refractivity contribution in [1.29, 1.82) is 0 Å². The second-order valence-corrected chi connectivity index (χ2v) is 8.53. The highest BCUT2D eigenvalue weighted by Crippen LogP contribution is 2.55. The van der Waals surface area contributed by atoms with Crippen molar-refractivity contribution in [2.24, 2.45) is 10.8 Å². The minimum atomic E-state index is -1.15. The largest absolute Gasteiger partial charge is 0.454 e. The van der Waals surface area contributed by atoms with Crippen LogP contribution in [0.15, 0.2) is 42.6 Å². The van der Waals surface area contributed by atoms with Gasteiger partial charge < -0.3 is 9.30 Å². The third-order valence-electron chi connectivity index (χ3n) is 6.39. The van der Waals surface area contributed by atoms with E-state index in [1.54, 1.807) is 26.0 Å². The van der Waals surface area contributed by atoms with Crippen molar-refractivity contribution in [3.05, 3.63) is 58.4 Å². The molecule has 1 saturated carbocycles. The number of hydrogen-bond acceptors (Lipinski definition) is 5. The zero-order chi connectivity index (χ0) is 20.8. The highest BCUT2D eigenvalue weighted by molar-refractivity contribution is 6.08. The summed E-state index contributed by atoms with van der Waals surface area (Å²) < 4.78 is 7.80. The van der Waals surface area contributed by atoms with E-state index in [9.17, 15) is 19.7 Å². The average molecular weight is 396 g/mol. The van der Waals surface area contributed by atoms with E-state index in [-0.39, 0.29) is 11.5 Å². The molecule has 0 bridgehead atoms. The number of nitro benzene ring substituents is 1. The van der Waals surface area contributed by atoms with Crippen molar-refractivity contribution < 1.29 is 19.2 Å². The Morgan fingerprint density at radius 2 is 1.72 bits per heavy atom. The molecule has 7 heteroatoms. The molecule has 1 aromatic heterocycles. The van der Waals surface area contributed by atoms with Crippen molar-refractivity contribution in [2.75, 3.05) is 0 Å². The Kier molecular flexibility index (Phi) is 4.56. The molecule has 1 aliphatic carbocycles. The topological polar surface area (TPSA) is 91.4 Å². The van der Waals surface area contributed by atoms with E-state index in [2.05, 4.69) is 0 Å². The molecule has 0 N–H and O–H groups in total. The van der Waals surface area contributed by atoms with E-state index >= 15 is 0 Å². The number of ether oxygens (including phenoxy) is 1. The molecule has 1 atom stereocenters. The lowest BCUT2D eigenvalue weighted by atomic mass is 9.59. The zero-order valence-electron chi connectivity index (χ0n) is 16.6. The molecular weight excluding hydrogens is 372 g/mol. The number of non-ortho nitro benzene ring substituents is 1. The first-order chi connectivity index (χ1) is 13.8. The summed E-state index contributed by atoms with van der Waals surface area (Å²) in [6, 6.07) is 9.90.